The van der Waals surface area contributed by atoms with Gasteiger partial charge in [0.1, 0.15) is 0 Å². The van der Waals surface area contributed by atoms with Crippen molar-refractivity contribution in [2.45, 2.75) is 33.9 Å². The molecule has 0 atom stereocenters. The van der Waals surface area contributed by atoms with Crippen molar-refractivity contribution in [3.63, 3.8) is 0 Å². The first-order chi connectivity index (χ1) is 8.38. The first-order valence-corrected chi connectivity index (χ1v) is 5.83. The minimum absolute atomic E-state index is 0.556. The van der Waals surface area contributed by atoms with Gasteiger partial charge < -0.3 is 0 Å². The molecule has 2 rings (SSSR count). The summed E-state index contributed by atoms with van der Waals surface area (Å²) in [5, 5.41) is 0.556. The van der Waals surface area contributed by atoms with Gasteiger partial charge in [0, 0.05) is 11.1 Å². The number of aryl methyl sites for hydroxylation is 2. The quantitative estimate of drug-likeness (QED) is 0.652. The van der Waals surface area contributed by atoms with Crippen LogP contribution in [-0.4, -0.2) is 4.98 Å². The molecule has 0 unspecified atom stereocenters. The summed E-state index contributed by atoms with van der Waals surface area (Å²) in [6.07, 6.45) is -4.30. The molecule has 1 nitrogen and oxygen atoms in total. The van der Waals surface area contributed by atoms with E-state index < -0.39 is 11.7 Å². The molecule has 0 bridgehead atoms. The first-order valence-electron chi connectivity index (χ1n) is 5.83. The number of alkyl halides is 3. The highest BCUT2D eigenvalue weighted by atomic mass is 19.4. The van der Waals surface area contributed by atoms with Crippen molar-refractivity contribution in [3.8, 4) is 0 Å². The molecular weight excluding hydrogens is 239 g/mol. The molecule has 0 N–H and O–H groups in total. The van der Waals surface area contributed by atoms with Crippen LogP contribution in [0.25, 0.3) is 10.9 Å². The van der Waals surface area contributed by atoms with E-state index in [-0.39, 0.29) is 0 Å². The standard InChI is InChI=1S/C12H10F3N.C2H6/c1-7-5-8(2)16-11-4-3-9(6-10(7)11)12(13,14)15;1-2/h3-6H,1-2H3;1-2H3. The summed E-state index contributed by atoms with van der Waals surface area (Å²) >= 11 is 0. The number of hydrogen-bond donors (Lipinski definition) is 0. The van der Waals surface area contributed by atoms with E-state index in [1.807, 2.05) is 20.8 Å². The molecule has 4 heteroatoms. The minimum atomic E-state index is -4.30. The van der Waals surface area contributed by atoms with Crippen molar-refractivity contribution in [1.29, 1.82) is 0 Å². The lowest BCUT2D eigenvalue weighted by Gasteiger charge is -2.09. The molecule has 0 saturated heterocycles. The van der Waals surface area contributed by atoms with Crippen LogP contribution in [-0.2, 0) is 6.18 Å². The Kier molecular flexibility index (Phi) is 4.33. The third-order valence-electron chi connectivity index (χ3n) is 2.47. The fourth-order valence-electron chi connectivity index (χ4n) is 1.74. The van der Waals surface area contributed by atoms with E-state index in [1.165, 1.54) is 6.07 Å². The van der Waals surface area contributed by atoms with Gasteiger partial charge in [-0.1, -0.05) is 13.8 Å². The Morgan fingerprint density at radius 2 is 1.61 bits per heavy atom. The molecule has 2 aromatic rings. The maximum absolute atomic E-state index is 12.5. The van der Waals surface area contributed by atoms with Crippen molar-refractivity contribution in [2.24, 2.45) is 0 Å². The van der Waals surface area contributed by atoms with Crippen LogP contribution >= 0.6 is 0 Å². The summed E-state index contributed by atoms with van der Waals surface area (Å²) in [7, 11) is 0. The van der Waals surface area contributed by atoms with Gasteiger partial charge in [-0.2, -0.15) is 13.2 Å². The Bertz CT molecular complexity index is 544. The number of benzene rings is 1. The zero-order valence-corrected chi connectivity index (χ0v) is 10.9. The van der Waals surface area contributed by atoms with Crippen molar-refractivity contribution in [2.75, 3.05) is 0 Å². The number of pyridine rings is 1. The third kappa shape index (κ3) is 3.00. The van der Waals surface area contributed by atoms with Crippen LogP contribution in [0.3, 0.4) is 0 Å². The molecular formula is C14H16F3N. The van der Waals surface area contributed by atoms with Crippen molar-refractivity contribution < 1.29 is 13.2 Å². The minimum Gasteiger partial charge on any atom is -0.253 e. The summed E-state index contributed by atoms with van der Waals surface area (Å²) in [4.78, 5) is 4.19. The molecule has 1 aromatic heterocycles. The van der Waals surface area contributed by atoms with Crippen LogP contribution in [0.2, 0.25) is 0 Å². The summed E-state index contributed by atoms with van der Waals surface area (Å²) in [5.74, 6) is 0. The molecule has 0 fully saturated rings. The van der Waals surface area contributed by atoms with E-state index in [0.29, 0.717) is 10.9 Å². The number of hydrogen-bond acceptors (Lipinski definition) is 1. The van der Waals surface area contributed by atoms with Crippen molar-refractivity contribution >= 4 is 10.9 Å². The van der Waals surface area contributed by atoms with E-state index in [2.05, 4.69) is 4.98 Å². The van der Waals surface area contributed by atoms with Gasteiger partial charge in [0.05, 0.1) is 11.1 Å². The van der Waals surface area contributed by atoms with Crippen molar-refractivity contribution in [3.05, 3.63) is 41.1 Å². The number of halogens is 3. The van der Waals surface area contributed by atoms with Crippen LogP contribution in [0.15, 0.2) is 24.3 Å². The van der Waals surface area contributed by atoms with Gasteiger partial charge in [-0.05, 0) is 43.7 Å². The highest BCUT2D eigenvalue weighted by molar-refractivity contribution is 5.83. The SMILES string of the molecule is CC.Cc1cc(C)c2cc(C(F)(F)F)ccc2n1. The monoisotopic (exact) mass is 255 g/mol. The lowest BCUT2D eigenvalue weighted by Crippen LogP contribution is -2.04. The zero-order chi connectivity index (χ0) is 13.9. The van der Waals surface area contributed by atoms with Crippen LogP contribution < -0.4 is 0 Å². The first kappa shape index (κ1) is 14.5. The molecule has 0 spiro atoms. The molecule has 0 aliphatic carbocycles. The van der Waals surface area contributed by atoms with Gasteiger partial charge in [-0.25, -0.2) is 0 Å². The second kappa shape index (κ2) is 5.38. The Labute approximate surface area is 105 Å². The maximum Gasteiger partial charge on any atom is 0.416 e. The number of nitrogens with zero attached hydrogens (tertiary/aromatic N) is 1. The Morgan fingerprint density at radius 3 is 2.17 bits per heavy atom. The fourth-order valence-corrected chi connectivity index (χ4v) is 1.74. The second-order valence-electron chi connectivity index (χ2n) is 3.81. The van der Waals surface area contributed by atoms with Gasteiger partial charge in [0.2, 0.25) is 0 Å². The molecule has 0 saturated carbocycles. The summed E-state index contributed by atoms with van der Waals surface area (Å²) < 4.78 is 37.5. The molecule has 0 radical (unpaired) electrons. The predicted molar refractivity (Wildman–Crippen MR) is 67.6 cm³/mol. The predicted octanol–water partition coefficient (Wildman–Crippen LogP) is 4.90. The van der Waals surface area contributed by atoms with E-state index in [4.69, 9.17) is 0 Å². The maximum atomic E-state index is 12.5. The van der Waals surface area contributed by atoms with E-state index >= 15 is 0 Å². The molecule has 0 amide bonds. The molecule has 1 aromatic carbocycles. The van der Waals surface area contributed by atoms with Crippen LogP contribution in [0.1, 0.15) is 30.7 Å². The van der Waals surface area contributed by atoms with Crippen molar-refractivity contribution in [1.82, 2.24) is 4.98 Å². The van der Waals surface area contributed by atoms with E-state index in [9.17, 15) is 13.2 Å². The Balaban J connectivity index is 0.000000771. The lowest BCUT2D eigenvalue weighted by molar-refractivity contribution is -0.137. The fraction of sp³-hybridized carbons (Fsp3) is 0.357. The average Bonchev–Trinajstić information content (AvgIpc) is 2.29. The van der Waals surface area contributed by atoms with Crippen LogP contribution in [0, 0.1) is 13.8 Å². The van der Waals surface area contributed by atoms with Gasteiger partial charge >= 0.3 is 6.18 Å². The smallest absolute Gasteiger partial charge is 0.253 e. The lowest BCUT2D eigenvalue weighted by atomic mass is 10.1. The Hall–Kier alpha value is -1.58. The number of fused-ring (bicyclic) bond motifs is 1. The molecule has 0 aliphatic heterocycles. The molecule has 1 heterocycles. The Morgan fingerprint density at radius 1 is 1.00 bits per heavy atom. The third-order valence-corrected chi connectivity index (χ3v) is 2.47. The molecule has 0 aliphatic rings. The summed E-state index contributed by atoms with van der Waals surface area (Å²) in [5.41, 5.74) is 1.60. The average molecular weight is 255 g/mol. The summed E-state index contributed by atoms with van der Waals surface area (Å²) in [6, 6.07) is 5.41. The normalized spacial score (nSPS) is 11.1. The highest BCUT2D eigenvalue weighted by Gasteiger charge is 2.30. The van der Waals surface area contributed by atoms with Crippen LogP contribution in [0.4, 0.5) is 13.2 Å². The number of aromatic nitrogens is 1. The molecule has 98 valence electrons. The van der Waals surface area contributed by atoms with Gasteiger partial charge in [0.25, 0.3) is 0 Å². The van der Waals surface area contributed by atoms with Gasteiger partial charge in [-0.15, -0.1) is 0 Å². The highest BCUT2D eigenvalue weighted by Crippen LogP contribution is 2.31. The topological polar surface area (TPSA) is 12.9 Å². The number of rotatable bonds is 0. The van der Waals surface area contributed by atoms with E-state index in [1.54, 1.807) is 13.0 Å². The molecule has 18 heavy (non-hydrogen) atoms. The van der Waals surface area contributed by atoms with Crippen LogP contribution in [0.5, 0.6) is 0 Å². The van der Waals surface area contributed by atoms with E-state index in [0.717, 1.165) is 23.4 Å². The second-order valence-corrected chi connectivity index (χ2v) is 3.81. The largest absolute Gasteiger partial charge is 0.416 e. The van der Waals surface area contributed by atoms with Gasteiger partial charge in [0.15, 0.2) is 0 Å². The summed E-state index contributed by atoms with van der Waals surface area (Å²) in [6.45, 7) is 7.61. The van der Waals surface area contributed by atoms with Gasteiger partial charge in [-0.3, -0.25) is 4.98 Å². The zero-order valence-electron chi connectivity index (χ0n) is 10.9.